The molecule has 3 aromatic rings. The summed E-state index contributed by atoms with van der Waals surface area (Å²) in [5, 5.41) is 0. The number of benzene rings is 1. The highest BCUT2D eigenvalue weighted by molar-refractivity contribution is 5.95. The molecule has 2 aliphatic heterocycles. The third-order valence-corrected chi connectivity index (χ3v) is 5.75. The van der Waals surface area contributed by atoms with Crippen molar-refractivity contribution in [2.45, 2.75) is 32.5 Å². The molecule has 0 saturated heterocycles. The largest absolute Gasteiger partial charge is 0.373 e. The number of pyridine rings is 1. The summed E-state index contributed by atoms with van der Waals surface area (Å²) in [5.41, 5.74) is 4.80. The number of ether oxygens (including phenoxy) is 1. The first-order valence-electron chi connectivity index (χ1n) is 9.70. The van der Waals surface area contributed by atoms with Gasteiger partial charge >= 0.3 is 0 Å². The van der Waals surface area contributed by atoms with Crippen molar-refractivity contribution in [2.75, 3.05) is 13.2 Å². The summed E-state index contributed by atoms with van der Waals surface area (Å²) in [6, 6.07) is 12.1. The fraction of sp³-hybridized carbons (Fsp3) is 0.318. The van der Waals surface area contributed by atoms with Gasteiger partial charge in [0.25, 0.3) is 5.91 Å². The van der Waals surface area contributed by atoms with Gasteiger partial charge in [0.15, 0.2) is 5.69 Å². The molecule has 28 heavy (non-hydrogen) atoms. The van der Waals surface area contributed by atoms with E-state index in [0.29, 0.717) is 32.0 Å². The van der Waals surface area contributed by atoms with Crippen molar-refractivity contribution in [3.63, 3.8) is 0 Å². The second-order valence-corrected chi connectivity index (χ2v) is 7.30. The molecule has 6 nitrogen and oxygen atoms in total. The molecule has 1 unspecified atom stereocenters. The number of fused-ring (bicyclic) bond motifs is 2. The van der Waals surface area contributed by atoms with Crippen molar-refractivity contribution in [1.82, 2.24) is 19.4 Å². The van der Waals surface area contributed by atoms with Gasteiger partial charge in [-0.1, -0.05) is 30.3 Å². The maximum Gasteiger partial charge on any atom is 0.274 e. The number of carbonyl (C=O) groups is 1. The number of hydrogen-bond acceptors (Lipinski definition) is 4. The van der Waals surface area contributed by atoms with Gasteiger partial charge in [0.05, 0.1) is 24.9 Å². The van der Waals surface area contributed by atoms with Crippen LogP contribution in [0.5, 0.6) is 0 Å². The Bertz CT molecular complexity index is 1030. The Balaban J connectivity index is 1.55. The minimum absolute atomic E-state index is 0.0213. The van der Waals surface area contributed by atoms with Gasteiger partial charge < -0.3 is 14.2 Å². The molecule has 2 aromatic heterocycles. The van der Waals surface area contributed by atoms with Crippen molar-refractivity contribution >= 4 is 5.91 Å². The van der Waals surface area contributed by atoms with E-state index in [9.17, 15) is 4.79 Å². The van der Waals surface area contributed by atoms with Gasteiger partial charge in [-0.25, -0.2) is 4.98 Å². The molecule has 0 fully saturated rings. The summed E-state index contributed by atoms with van der Waals surface area (Å²) in [6.07, 6.45) is 4.53. The molecule has 1 atom stereocenters. The summed E-state index contributed by atoms with van der Waals surface area (Å²) in [4.78, 5) is 24.5. The molecular formula is C22H22N4O2. The Morgan fingerprint density at radius 3 is 2.89 bits per heavy atom. The zero-order chi connectivity index (χ0) is 19.1. The van der Waals surface area contributed by atoms with E-state index < -0.39 is 0 Å². The lowest BCUT2D eigenvalue weighted by Gasteiger charge is -2.34. The van der Waals surface area contributed by atoms with Crippen LogP contribution < -0.4 is 0 Å². The Labute approximate surface area is 163 Å². The quantitative estimate of drug-likeness (QED) is 0.691. The van der Waals surface area contributed by atoms with Gasteiger partial charge in [-0.2, -0.15) is 0 Å². The van der Waals surface area contributed by atoms with Gasteiger partial charge in [0, 0.05) is 31.0 Å². The van der Waals surface area contributed by atoms with E-state index in [-0.39, 0.29) is 11.9 Å². The number of imidazole rings is 1. The summed E-state index contributed by atoms with van der Waals surface area (Å²) >= 11 is 0. The van der Waals surface area contributed by atoms with Crippen LogP contribution in [0.4, 0.5) is 0 Å². The lowest BCUT2D eigenvalue weighted by Crippen LogP contribution is -2.39. The molecule has 1 amide bonds. The zero-order valence-corrected chi connectivity index (χ0v) is 15.8. The number of hydrogen-bond donors (Lipinski definition) is 0. The second kappa shape index (κ2) is 6.87. The minimum atomic E-state index is -0.0292. The SMILES string of the molecule is CC1c2cnccc2CCN1C(=O)c1nc(-c2ccccc2)n2c1COCC2. The van der Waals surface area contributed by atoms with Crippen LogP contribution in [0, 0.1) is 0 Å². The number of rotatable bonds is 2. The number of carbonyl (C=O) groups excluding carboxylic acids is 1. The first kappa shape index (κ1) is 17.1. The fourth-order valence-electron chi connectivity index (χ4n) is 4.23. The standard InChI is InChI=1S/C22H22N4O2/c1-15-18-13-23-9-7-16(18)8-10-25(15)22(27)20-19-14-28-12-11-26(19)21(24-20)17-5-3-2-4-6-17/h2-7,9,13,15H,8,10-12,14H2,1H3. The van der Waals surface area contributed by atoms with Crippen molar-refractivity contribution in [3.05, 3.63) is 71.3 Å². The molecule has 1 aromatic carbocycles. The van der Waals surface area contributed by atoms with Crippen LogP contribution in [0.15, 0.2) is 48.8 Å². The van der Waals surface area contributed by atoms with Crippen LogP contribution in [0.3, 0.4) is 0 Å². The summed E-state index contributed by atoms with van der Waals surface area (Å²) in [7, 11) is 0. The molecular weight excluding hydrogens is 352 g/mol. The van der Waals surface area contributed by atoms with Gasteiger partial charge in [0.1, 0.15) is 5.82 Å². The molecule has 0 spiro atoms. The van der Waals surface area contributed by atoms with E-state index in [0.717, 1.165) is 29.1 Å². The fourth-order valence-corrected chi connectivity index (χ4v) is 4.23. The minimum Gasteiger partial charge on any atom is -0.373 e. The lowest BCUT2D eigenvalue weighted by molar-refractivity contribution is 0.0642. The molecule has 0 aliphatic carbocycles. The van der Waals surface area contributed by atoms with Crippen LogP contribution in [-0.2, 0) is 24.3 Å². The topological polar surface area (TPSA) is 60.2 Å². The van der Waals surface area contributed by atoms with Gasteiger partial charge in [-0.15, -0.1) is 0 Å². The first-order valence-corrected chi connectivity index (χ1v) is 9.70. The Morgan fingerprint density at radius 1 is 1.18 bits per heavy atom. The third-order valence-electron chi connectivity index (χ3n) is 5.75. The zero-order valence-electron chi connectivity index (χ0n) is 15.8. The van der Waals surface area contributed by atoms with Gasteiger partial charge in [0.2, 0.25) is 0 Å². The average molecular weight is 374 g/mol. The molecule has 4 heterocycles. The maximum atomic E-state index is 13.5. The van der Waals surface area contributed by atoms with Crippen molar-refractivity contribution in [2.24, 2.45) is 0 Å². The second-order valence-electron chi connectivity index (χ2n) is 7.30. The summed E-state index contributed by atoms with van der Waals surface area (Å²) in [6.45, 7) is 4.51. The molecule has 0 bridgehead atoms. The number of aromatic nitrogens is 3. The van der Waals surface area contributed by atoms with E-state index in [1.165, 1.54) is 5.56 Å². The van der Waals surface area contributed by atoms with E-state index >= 15 is 0 Å². The predicted molar refractivity (Wildman–Crippen MR) is 105 cm³/mol. The van der Waals surface area contributed by atoms with Crippen LogP contribution in [-0.4, -0.2) is 38.5 Å². The molecule has 0 N–H and O–H groups in total. The number of nitrogens with zero attached hydrogens (tertiary/aromatic N) is 4. The van der Waals surface area contributed by atoms with E-state index in [2.05, 4.69) is 16.5 Å². The average Bonchev–Trinajstić information content (AvgIpc) is 3.14. The van der Waals surface area contributed by atoms with E-state index in [4.69, 9.17) is 9.72 Å². The third kappa shape index (κ3) is 2.72. The molecule has 2 aliphatic rings. The van der Waals surface area contributed by atoms with Crippen LogP contribution >= 0.6 is 0 Å². The monoisotopic (exact) mass is 374 g/mol. The highest BCUT2D eigenvalue weighted by Gasteiger charge is 2.33. The highest BCUT2D eigenvalue weighted by Crippen LogP contribution is 2.32. The van der Waals surface area contributed by atoms with Gasteiger partial charge in [-0.05, 0) is 30.5 Å². The van der Waals surface area contributed by atoms with E-state index in [1.54, 1.807) is 0 Å². The van der Waals surface area contributed by atoms with Crippen LogP contribution in [0.25, 0.3) is 11.4 Å². The molecule has 0 radical (unpaired) electrons. The predicted octanol–water partition coefficient (Wildman–Crippen LogP) is 3.23. The van der Waals surface area contributed by atoms with Gasteiger partial charge in [-0.3, -0.25) is 9.78 Å². The molecule has 142 valence electrons. The Hall–Kier alpha value is -2.99. The van der Waals surface area contributed by atoms with Crippen molar-refractivity contribution in [1.29, 1.82) is 0 Å². The number of amides is 1. The summed E-state index contributed by atoms with van der Waals surface area (Å²) in [5.74, 6) is 0.812. The lowest BCUT2D eigenvalue weighted by atomic mass is 9.95. The summed E-state index contributed by atoms with van der Waals surface area (Å²) < 4.78 is 7.80. The Kier molecular flexibility index (Phi) is 4.20. The van der Waals surface area contributed by atoms with Crippen molar-refractivity contribution < 1.29 is 9.53 Å². The normalized spacial score (nSPS) is 18.5. The van der Waals surface area contributed by atoms with E-state index in [1.807, 2.05) is 53.7 Å². The first-order chi connectivity index (χ1) is 13.7. The van der Waals surface area contributed by atoms with Crippen LogP contribution in [0.1, 0.15) is 40.3 Å². The van der Waals surface area contributed by atoms with Crippen molar-refractivity contribution in [3.8, 4) is 11.4 Å². The van der Waals surface area contributed by atoms with Crippen LogP contribution in [0.2, 0.25) is 0 Å². The molecule has 0 saturated carbocycles. The molecule has 5 rings (SSSR count). The maximum absolute atomic E-state index is 13.5. The highest BCUT2D eigenvalue weighted by atomic mass is 16.5. The smallest absolute Gasteiger partial charge is 0.274 e. The Morgan fingerprint density at radius 2 is 2.04 bits per heavy atom. The molecule has 6 heteroatoms.